The first-order valence-electron chi connectivity index (χ1n) is 9.83. The number of amides is 1. The Kier molecular flexibility index (Phi) is 8.36. The maximum absolute atomic E-state index is 12.5. The molecule has 0 saturated heterocycles. The number of benzene rings is 2. The van der Waals surface area contributed by atoms with Crippen LogP contribution in [-0.2, 0) is 17.8 Å². The zero-order valence-corrected chi connectivity index (χ0v) is 20.0. The van der Waals surface area contributed by atoms with E-state index in [1.54, 1.807) is 18.2 Å². The monoisotopic (exact) mass is 512 g/mol. The first kappa shape index (κ1) is 23.4. The van der Waals surface area contributed by atoms with Crippen LogP contribution in [0.15, 0.2) is 52.5 Å². The summed E-state index contributed by atoms with van der Waals surface area (Å²) >= 11 is 4.71. The molecule has 32 heavy (non-hydrogen) atoms. The highest BCUT2D eigenvalue weighted by Gasteiger charge is 2.14. The number of ether oxygens (including phenoxy) is 2. The summed E-state index contributed by atoms with van der Waals surface area (Å²) in [7, 11) is 1.54. The maximum Gasteiger partial charge on any atom is 0.268 e. The SMILES string of the molecule is CCCc1nnc(NC(=O)/C(C#N)=C\c2ccc(OCc3ccc(Br)cc3)c(OC)c2)s1. The minimum Gasteiger partial charge on any atom is -0.493 e. The quantitative estimate of drug-likeness (QED) is 0.305. The molecule has 164 valence electrons. The van der Waals surface area contributed by atoms with E-state index >= 15 is 0 Å². The van der Waals surface area contributed by atoms with E-state index in [1.807, 2.05) is 37.3 Å². The average Bonchev–Trinajstić information content (AvgIpc) is 3.24. The largest absolute Gasteiger partial charge is 0.493 e. The summed E-state index contributed by atoms with van der Waals surface area (Å²) in [5.41, 5.74) is 1.60. The molecule has 0 atom stereocenters. The number of methoxy groups -OCH3 is 1. The molecule has 3 rings (SSSR count). The third kappa shape index (κ3) is 6.39. The van der Waals surface area contributed by atoms with Crippen molar-refractivity contribution in [3.8, 4) is 17.6 Å². The maximum atomic E-state index is 12.5. The van der Waals surface area contributed by atoms with Crippen LogP contribution in [0.3, 0.4) is 0 Å². The van der Waals surface area contributed by atoms with Crippen LogP contribution in [-0.4, -0.2) is 23.2 Å². The Morgan fingerprint density at radius 3 is 2.69 bits per heavy atom. The number of aromatic nitrogens is 2. The number of anilines is 1. The Balaban J connectivity index is 1.71. The second kappa shape index (κ2) is 11.4. The van der Waals surface area contributed by atoms with E-state index in [-0.39, 0.29) is 5.57 Å². The van der Waals surface area contributed by atoms with Crippen LogP contribution in [0, 0.1) is 11.3 Å². The van der Waals surface area contributed by atoms with Crippen molar-refractivity contribution in [1.29, 1.82) is 5.26 Å². The van der Waals surface area contributed by atoms with Crippen LogP contribution in [0.2, 0.25) is 0 Å². The highest BCUT2D eigenvalue weighted by Crippen LogP contribution is 2.30. The van der Waals surface area contributed by atoms with Crippen LogP contribution in [0.25, 0.3) is 6.08 Å². The number of carbonyl (C=O) groups excluding carboxylic acids is 1. The van der Waals surface area contributed by atoms with Crippen molar-refractivity contribution in [3.63, 3.8) is 0 Å². The molecular weight excluding hydrogens is 492 g/mol. The van der Waals surface area contributed by atoms with Gasteiger partial charge in [-0.3, -0.25) is 10.1 Å². The van der Waals surface area contributed by atoms with E-state index < -0.39 is 5.91 Å². The lowest BCUT2D eigenvalue weighted by Gasteiger charge is -2.11. The Morgan fingerprint density at radius 1 is 1.22 bits per heavy atom. The fourth-order valence-corrected chi connectivity index (χ4v) is 3.83. The van der Waals surface area contributed by atoms with Gasteiger partial charge in [-0.25, -0.2) is 0 Å². The van der Waals surface area contributed by atoms with Gasteiger partial charge in [-0.15, -0.1) is 10.2 Å². The molecule has 0 radical (unpaired) electrons. The fourth-order valence-electron chi connectivity index (χ4n) is 2.73. The van der Waals surface area contributed by atoms with Gasteiger partial charge in [0, 0.05) is 10.9 Å². The molecule has 0 aliphatic heterocycles. The Bertz CT molecular complexity index is 1150. The van der Waals surface area contributed by atoms with Gasteiger partial charge in [-0.1, -0.05) is 52.4 Å². The number of nitrogens with one attached hydrogen (secondary N) is 1. The van der Waals surface area contributed by atoms with Gasteiger partial charge in [0.15, 0.2) is 11.5 Å². The molecule has 0 aliphatic carbocycles. The second-order valence-corrected chi connectivity index (χ2v) is 8.68. The molecule has 0 unspecified atom stereocenters. The highest BCUT2D eigenvalue weighted by atomic mass is 79.9. The van der Waals surface area contributed by atoms with Gasteiger partial charge in [0.1, 0.15) is 23.3 Å². The smallest absolute Gasteiger partial charge is 0.268 e. The van der Waals surface area contributed by atoms with Gasteiger partial charge >= 0.3 is 0 Å². The standard InChI is InChI=1S/C23H21BrN4O3S/c1-3-4-21-27-28-23(32-21)26-22(29)17(13-25)11-16-7-10-19(20(12-16)30-2)31-14-15-5-8-18(24)9-6-15/h5-12H,3-4,14H2,1-2H3,(H,26,28,29)/b17-11-. The van der Waals surface area contributed by atoms with Gasteiger partial charge in [0.2, 0.25) is 5.13 Å². The van der Waals surface area contributed by atoms with Crippen LogP contribution in [0.1, 0.15) is 29.5 Å². The van der Waals surface area contributed by atoms with Crippen molar-refractivity contribution in [2.75, 3.05) is 12.4 Å². The van der Waals surface area contributed by atoms with E-state index in [9.17, 15) is 10.1 Å². The van der Waals surface area contributed by atoms with Crippen LogP contribution >= 0.6 is 27.3 Å². The number of hydrogen-bond acceptors (Lipinski definition) is 7. The first-order valence-corrected chi connectivity index (χ1v) is 11.4. The minimum absolute atomic E-state index is 0.0529. The Hall–Kier alpha value is -3.22. The van der Waals surface area contributed by atoms with Crippen molar-refractivity contribution in [3.05, 3.63) is 68.6 Å². The third-order valence-electron chi connectivity index (χ3n) is 4.32. The van der Waals surface area contributed by atoms with Gasteiger partial charge in [0.05, 0.1) is 7.11 Å². The molecule has 1 amide bonds. The predicted molar refractivity (Wildman–Crippen MR) is 128 cm³/mol. The zero-order chi connectivity index (χ0) is 22.9. The number of nitrogens with zero attached hydrogens (tertiary/aromatic N) is 3. The number of aryl methyl sites for hydroxylation is 1. The summed E-state index contributed by atoms with van der Waals surface area (Å²) in [5, 5.41) is 21.3. The molecule has 0 spiro atoms. The summed E-state index contributed by atoms with van der Waals surface area (Å²) in [4.78, 5) is 12.5. The number of rotatable bonds is 9. The summed E-state index contributed by atoms with van der Waals surface area (Å²) in [6, 6.07) is 15.0. The summed E-state index contributed by atoms with van der Waals surface area (Å²) in [5.74, 6) is 0.524. The van der Waals surface area contributed by atoms with E-state index in [1.165, 1.54) is 24.5 Å². The minimum atomic E-state index is -0.541. The average molecular weight is 513 g/mol. The van der Waals surface area contributed by atoms with E-state index in [0.29, 0.717) is 28.8 Å². The van der Waals surface area contributed by atoms with E-state index in [0.717, 1.165) is 27.9 Å². The molecule has 7 nitrogen and oxygen atoms in total. The molecule has 0 aliphatic rings. The molecule has 0 bridgehead atoms. The molecule has 1 N–H and O–H groups in total. The van der Waals surface area contributed by atoms with Gasteiger partial charge in [-0.2, -0.15) is 5.26 Å². The normalized spacial score (nSPS) is 11.0. The molecule has 2 aromatic carbocycles. The Morgan fingerprint density at radius 2 is 2.00 bits per heavy atom. The van der Waals surface area contributed by atoms with Gasteiger partial charge < -0.3 is 9.47 Å². The van der Waals surface area contributed by atoms with Crippen LogP contribution in [0.5, 0.6) is 11.5 Å². The molecule has 3 aromatic rings. The number of carbonyl (C=O) groups is 1. The van der Waals surface area contributed by atoms with Crippen molar-refractivity contribution in [2.45, 2.75) is 26.4 Å². The van der Waals surface area contributed by atoms with Crippen molar-refractivity contribution >= 4 is 44.4 Å². The fraction of sp³-hybridized carbons (Fsp3) is 0.217. The molecule has 0 fully saturated rings. The molecule has 0 saturated carbocycles. The number of hydrogen-bond donors (Lipinski definition) is 1. The number of halogens is 1. The molecule has 1 aromatic heterocycles. The predicted octanol–water partition coefficient (Wildman–Crippen LogP) is 5.39. The van der Waals surface area contributed by atoms with Crippen molar-refractivity contribution in [1.82, 2.24) is 10.2 Å². The lowest BCUT2D eigenvalue weighted by atomic mass is 10.1. The van der Waals surface area contributed by atoms with Crippen LogP contribution < -0.4 is 14.8 Å². The van der Waals surface area contributed by atoms with Crippen molar-refractivity contribution < 1.29 is 14.3 Å². The van der Waals surface area contributed by atoms with E-state index in [4.69, 9.17) is 9.47 Å². The lowest BCUT2D eigenvalue weighted by Crippen LogP contribution is -2.13. The molecular formula is C23H21BrN4O3S. The topological polar surface area (TPSA) is 97.1 Å². The number of nitriles is 1. The summed E-state index contributed by atoms with van der Waals surface area (Å²) < 4.78 is 12.3. The zero-order valence-electron chi connectivity index (χ0n) is 17.6. The molecule has 1 heterocycles. The van der Waals surface area contributed by atoms with Crippen molar-refractivity contribution in [2.24, 2.45) is 0 Å². The Labute approximate surface area is 198 Å². The summed E-state index contributed by atoms with van der Waals surface area (Å²) in [6.07, 6.45) is 3.23. The summed E-state index contributed by atoms with van der Waals surface area (Å²) in [6.45, 7) is 2.42. The second-order valence-electron chi connectivity index (χ2n) is 6.70. The lowest BCUT2D eigenvalue weighted by molar-refractivity contribution is -0.112. The van der Waals surface area contributed by atoms with Gasteiger partial charge in [0.25, 0.3) is 5.91 Å². The van der Waals surface area contributed by atoms with E-state index in [2.05, 4.69) is 31.4 Å². The third-order valence-corrected chi connectivity index (χ3v) is 5.75. The van der Waals surface area contributed by atoms with Crippen LogP contribution in [0.4, 0.5) is 5.13 Å². The highest BCUT2D eigenvalue weighted by molar-refractivity contribution is 9.10. The molecule has 9 heteroatoms. The first-order chi connectivity index (χ1) is 15.5. The van der Waals surface area contributed by atoms with Gasteiger partial charge in [-0.05, 0) is 47.9 Å².